The summed E-state index contributed by atoms with van der Waals surface area (Å²) in [4.78, 5) is 2.39. The monoisotopic (exact) mass is 242 g/mol. The Bertz CT molecular complexity index is 181. The average Bonchev–Trinajstić information content (AvgIpc) is 2.30. The van der Waals surface area contributed by atoms with Crippen molar-refractivity contribution in [2.24, 2.45) is 0 Å². The van der Waals surface area contributed by atoms with Gasteiger partial charge in [-0.2, -0.15) is 0 Å². The molecule has 0 amide bonds. The molecular formula is C14H30N2O. The molecular weight excluding hydrogens is 212 g/mol. The van der Waals surface area contributed by atoms with Gasteiger partial charge in [-0.05, 0) is 39.7 Å². The third-order valence-electron chi connectivity index (χ3n) is 3.50. The van der Waals surface area contributed by atoms with Crippen LogP contribution in [0.2, 0.25) is 0 Å². The van der Waals surface area contributed by atoms with Gasteiger partial charge in [-0.25, -0.2) is 0 Å². The molecule has 0 bridgehead atoms. The van der Waals surface area contributed by atoms with Crippen molar-refractivity contribution in [3.63, 3.8) is 0 Å². The van der Waals surface area contributed by atoms with Crippen LogP contribution in [0.1, 0.15) is 46.0 Å². The van der Waals surface area contributed by atoms with Gasteiger partial charge in [-0.15, -0.1) is 0 Å². The van der Waals surface area contributed by atoms with Crippen LogP contribution in [0.3, 0.4) is 0 Å². The molecule has 0 aromatic heterocycles. The lowest BCUT2D eigenvalue weighted by molar-refractivity contribution is -0.00128. The fourth-order valence-electron chi connectivity index (χ4n) is 2.43. The van der Waals surface area contributed by atoms with Crippen LogP contribution in [0.4, 0.5) is 0 Å². The predicted molar refractivity (Wildman–Crippen MR) is 73.5 cm³/mol. The molecule has 17 heavy (non-hydrogen) atoms. The van der Waals surface area contributed by atoms with E-state index in [0.717, 1.165) is 26.2 Å². The highest BCUT2D eigenvalue weighted by Gasteiger charge is 2.15. The van der Waals surface area contributed by atoms with Crippen LogP contribution in [-0.2, 0) is 4.74 Å². The molecule has 2 unspecified atom stereocenters. The molecule has 0 aromatic rings. The molecule has 1 aliphatic heterocycles. The Morgan fingerprint density at radius 3 is 2.88 bits per heavy atom. The van der Waals surface area contributed by atoms with Gasteiger partial charge in [0.2, 0.25) is 0 Å². The third-order valence-corrected chi connectivity index (χ3v) is 3.50. The number of likely N-dealkylation sites (N-methyl/N-ethyl adjacent to an activating group) is 1. The Kier molecular flexibility index (Phi) is 7.82. The second-order valence-corrected chi connectivity index (χ2v) is 5.39. The van der Waals surface area contributed by atoms with Crippen molar-refractivity contribution in [1.82, 2.24) is 10.2 Å². The Hall–Kier alpha value is -0.120. The van der Waals surface area contributed by atoms with Crippen LogP contribution in [0.25, 0.3) is 0 Å². The highest BCUT2D eigenvalue weighted by molar-refractivity contribution is 4.69. The second-order valence-electron chi connectivity index (χ2n) is 5.39. The molecule has 3 nitrogen and oxygen atoms in total. The molecule has 1 rings (SSSR count). The third kappa shape index (κ3) is 7.02. The SMILES string of the molecule is CCCC(C)NCCN(C)CC1CCCCO1. The number of hydrogen-bond donors (Lipinski definition) is 1. The summed E-state index contributed by atoms with van der Waals surface area (Å²) in [6.07, 6.45) is 6.83. The lowest BCUT2D eigenvalue weighted by Crippen LogP contribution is -2.38. The zero-order valence-corrected chi connectivity index (χ0v) is 11.9. The molecule has 102 valence electrons. The van der Waals surface area contributed by atoms with E-state index < -0.39 is 0 Å². The maximum atomic E-state index is 5.75. The van der Waals surface area contributed by atoms with Gasteiger partial charge in [0, 0.05) is 32.3 Å². The van der Waals surface area contributed by atoms with Gasteiger partial charge in [0.15, 0.2) is 0 Å². The van der Waals surface area contributed by atoms with Gasteiger partial charge < -0.3 is 15.0 Å². The van der Waals surface area contributed by atoms with Crippen LogP contribution < -0.4 is 5.32 Å². The van der Waals surface area contributed by atoms with Crippen LogP contribution in [-0.4, -0.2) is 50.3 Å². The van der Waals surface area contributed by atoms with E-state index in [1.165, 1.54) is 32.1 Å². The Morgan fingerprint density at radius 2 is 2.24 bits per heavy atom. The van der Waals surface area contributed by atoms with Gasteiger partial charge >= 0.3 is 0 Å². The molecule has 1 fully saturated rings. The summed E-state index contributed by atoms with van der Waals surface area (Å²) in [5.41, 5.74) is 0. The average molecular weight is 242 g/mol. The smallest absolute Gasteiger partial charge is 0.0701 e. The molecule has 0 aromatic carbocycles. The first kappa shape index (κ1) is 14.9. The number of nitrogens with one attached hydrogen (secondary N) is 1. The van der Waals surface area contributed by atoms with E-state index in [2.05, 4.69) is 31.1 Å². The summed E-state index contributed by atoms with van der Waals surface area (Å²) in [7, 11) is 2.20. The first-order valence-corrected chi connectivity index (χ1v) is 7.26. The van der Waals surface area contributed by atoms with Gasteiger partial charge in [-0.1, -0.05) is 13.3 Å². The van der Waals surface area contributed by atoms with Gasteiger partial charge in [0.25, 0.3) is 0 Å². The molecule has 1 aliphatic rings. The fraction of sp³-hybridized carbons (Fsp3) is 1.00. The highest BCUT2D eigenvalue weighted by Crippen LogP contribution is 2.13. The summed E-state index contributed by atoms with van der Waals surface area (Å²) in [5.74, 6) is 0. The van der Waals surface area contributed by atoms with Crippen LogP contribution in [0, 0.1) is 0 Å². The summed E-state index contributed by atoms with van der Waals surface area (Å²) in [6.45, 7) is 8.77. The molecule has 3 heteroatoms. The van der Waals surface area contributed by atoms with Crippen molar-refractivity contribution in [2.45, 2.75) is 58.1 Å². The van der Waals surface area contributed by atoms with Crippen molar-refractivity contribution in [1.29, 1.82) is 0 Å². The lowest BCUT2D eigenvalue weighted by Gasteiger charge is -2.27. The zero-order chi connectivity index (χ0) is 12.5. The van der Waals surface area contributed by atoms with Gasteiger partial charge in [0.1, 0.15) is 0 Å². The highest BCUT2D eigenvalue weighted by atomic mass is 16.5. The minimum absolute atomic E-state index is 0.474. The predicted octanol–water partition coefficient (Wildman–Crippen LogP) is 2.27. The number of nitrogens with zero attached hydrogens (tertiary/aromatic N) is 1. The van der Waals surface area contributed by atoms with Crippen molar-refractivity contribution in [3.05, 3.63) is 0 Å². The fourth-order valence-corrected chi connectivity index (χ4v) is 2.43. The van der Waals surface area contributed by atoms with Crippen molar-refractivity contribution >= 4 is 0 Å². The number of ether oxygens (including phenoxy) is 1. The van der Waals surface area contributed by atoms with E-state index in [1.807, 2.05) is 0 Å². The number of rotatable bonds is 8. The van der Waals surface area contributed by atoms with E-state index in [9.17, 15) is 0 Å². The topological polar surface area (TPSA) is 24.5 Å². The van der Waals surface area contributed by atoms with E-state index >= 15 is 0 Å². The quantitative estimate of drug-likeness (QED) is 0.706. The molecule has 2 atom stereocenters. The lowest BCUT2D eigenvalue weighted by atomic mass is 10.1. The maximum Gasteiger partial charge on any atom is 0.0701 e. The standard InChI is InChI=1S/C14H30N2O/c1-4-7-13(2)15-9-10-16(3)12-14-8-5-6-11-17-14/h13-15H,4-12H2,1-3H3. The van der Waals surface area contributed by atoms with Crippen LogP contribution in [0.5, 0.6) is 0 Å². The normalized spacial score (nSPS) is 22.9. The first-order chi connectivity index (χ1) is 8.22. The molecule has 1 heterocycles. The van der Waals surface area contributed by atoms with Gasteiger partial charge in [0.05, 0.1) is 6.10 Å². The maximum absolute atomic E-state index is 5.75. The van der Waals surface area contributed by atoms with E-state index in [1.54, 1.807) is 0 Å². The Morgan fingerprint density at radius 1 is 1.41 bits per heavy atom. The molecule has 0 aliphatic carbocycles. The van der Waals surface area contributed by atoms with Crippen molar-refractivity contribution in [3.8, 4) is 0 Å². The minimum Gasteiger partial charge on any atom is -0.377 e. The summed E-state index contributed by atoms with van der Waals surface area (Å²) < 4.78 is 5.75. The summed E-state index contributed by atoms with van der Waals surface area (Å²) in [6, 6.07) is 0.652. The molecule has 0 radical (unpaired) electrons. The van der Waals surface area contributed by atoms with Crippen molar-refractivity contribution in [2.75, 3.05) is 33.3 Å². The van der Waals surface area contributed by atoms with E-state index in [4.69, 9.17) is 4.74 Å². The van der Waals surface area contributed by atoms with Gasteiger partial charge in [-0.3, -0.25) is 0 Å². The summed E-state index contributed by atoms with van der Waals surface area (Å²) in [5, 5.41) is 3.57. The number of hydrogen-bond acceptors (Lipinski definition) is 3. The second kappa shape index (κ2) is 8.90. The Labute approximate surface area is 107 Å². The van der Waals surface area contributed by atoms with Crippen LogP contribution in [0.15, 0.2) is 0 Å². The molecule has 0 saturated carbocycles. The molecule has 1 N–H and O–H groups in total. The van der Waals surface area contributed by atoms with E-state index in [0.29, 0.717) is 12.1 Å². The summed E-state index contributed by atoms with van der Waals surface area (Å²) >= 11 is 0. The largest absolute Gasteiger partial charge is 0.377 e. The Balaban J connectivity index is 2.02. The zero-order valence-electron chi connectivity index (χ0n) is 11.9. The van der Waals surface area contributed by atoms with E-state index in [-0.39, 0.29) is 0 Å². The first-order valence-electron chi connectivity index (χ1n) is 7.26. The molecule has 0 spiro atoms. The van der Waals surface area contributed by atoms with Crippen LogP contribution >= 0.6 is 0 Å². The molecule has 1 saturated heterocycles. The van der Waals surface area contributed by atoms with Crippen molar-refractivity contribution < 1.29 is 4.74 Å². The minimum atomic E-state index is 0.474.